The molecular weight excluding hydrogens is 438 g/mol. The van der Waals surface area contributed by atoms with Crippen LogP contribution in [-0.4, -0.2) is 41.8 Å². The fourth-order valence-corrected chi connectivity index (χ4v) is 4.37. The van der Waals surface area contributed by atoms with Gasteiger partial charge in [0.1, 0.15) is 6.04 Å². The van der Waals surface area contributed by atoms with Crippen molar-refractivity contribution in [2.75, 3.05) is 18.4 Å². The number of amides is 3. The molecule has 35 heavy (non-hydrogen) atoms. The largest absolute Gasteiger partial charge is 0.341 e. The molecule has 3 aromatic rings. The molecule has 6 nitrogen and oxygen atoms in total. The summed E-state index contributed by atoms with van der Waals surface area (Å²) in [6.07, 6.45) is 4.60. The predicted octanol–water partition coefficient (Wildman–Crippen LogP) is 4.68. The van der Waals surface area contributed by atoms with Gasteiger partial charge in [-0.05, 0) is 42.7 Å². The molecular formula is C29H31N3O3. The average Bonchev–Trinajstić information content (AvgIpc) is 3.19. The van der Waals surface area contributed by atoms with Crippen LogP contribution in [0.2, 0.25) is 0 Å². The summed E-state index contributed by atoms with van der Waals surface area (Å²) in [5.74, 6) is -0.750. The molecule has 180 valence electrons. The van der Waals surface area contributed by atoms with E-state index in [-0.39, 0.29) is 11.8 Å². The number of nitrogens with one attached hydrogen (secondary N) is 2. The van der Waals surface area contributed by atoms with Gasteiger partial charge in [0, 0.05) is 25.1 Å². The molecule has 0 radical (unpaired) electrons. The second-order valence-corrected chi connectivity index (χ2v) is 8.82. The van der Waals surface area contributed by atoms with Gasteiger partial charge in [-0.2, -0.15) is 0 Å². The minimum Gasteiger partial charge on any atom is -0.341 e. The Balaban J connectivity index is 1.54. The summed E-state index contributed by atoms with van der Waals surface area (Å²) in [6, 6.07) is 24.7. The van der Waals surface area contributed by atoms with Crippen molar-refractivity contribution in [3.05, 3.63) is 102 Å². The summed E-state index contributed by atoms with van der Waals surface area (Å²) in [4.78, 5) is 41.5. The van der Waals surface area contributed by atoms with Crippen molar-refractivity contribution in [2.45, 2.75) is 38.1 Å². The second-order valence-electron chi connectivity index (χ2n) is 8.82. The van der Waals surface area contributed by atoms with Crippen LogP contribution in [0.1, 0.15) is 52.0 Å². The summed E-state index contributed by atoms with van der Waals surface area (Å²) in [5.41, 5.74) is 2.20. The van der Waals surface area contributed by atoms with Gasteiger partial charge in [-0.15, -0.1) is 0 Å². The minimum atomic E-state index is -0.694. The first kappa shape index (κ1) is 24.2. The van der Waals surface area contributed by atoms with Gasteiger partial charge in [0.15, 0.2) is 0 Å². The van der Waals surface area contributed by atoms with Gasteiger partial charge in [-0.25, -0.2) is 0 Å². The van der Waals surface area contributed by atoms with Gasteiger partial charge in [0.25, 0.3) is 11.8 Å². The number of anilines is 1. The third kappa shape index (κ3) is 6.57. The summed E-state index contributed by atoms with van der Waals surface area (Å²) in [6.45, 7) is 1.42. The van der Waals surface area contributed by atoms with Crippen LogP contribution in [0.25, 0.3) is 0 Å². The molecule has 1 aliphatic rings. The summed E-state index contributed by atoms with van der Waals surface area (Å²) in [7, 11) is 0. The maximum Gasteiger partial charge on any atom is 0.255 e. The Bertz CT molecular complexity index is 1140. The Morgan fingerprint density at radius 3 is 2.00 bits per heavy atom. The highest BCUT2D eigenvalue weighted by molar-refractivity contribution is 6.09. The number of carbonyl (C=O) groups excluding carboxylic acids is 3. The molecule has 4 rings (SSSR count). The van der Waals surface area contributed by atoms with Crippen LogP contribution in [-0.2, 0) is 11.2 Å². The Morgan fingerprint density at radius 1 is 0.714 bits per heavy atom. The Hall–Kier alpha value is -3.93. The molecule has 0 unspecified atom stereocenters. The van der Waals surface area contributed by atoms with Crippen LogP contribution >= 0.6 is 0 Å². The predicted molar refractivity (Wildman–Crippen MR) is 137 cm³/mol. The van der Waals surface area contributed by atoms with Crippen molar-refractivity contribution < 1.29 is 14.4 Å². The molecule has 1 fully saturated rings. The third-order valence-corrected chi connectivity index (χ3v) is 6.26. The monoisotopic (exact) mass is 469 g/mol. The molecule has 3 amide bonds. The maximum atomic E-state index is 13.5. The van der Waals surface area contributed by atoms with Crippen molar-refractivity contribution >= 4 is 23.4 Å². The van der Waals surface area contributed by atoms with E-state index in [1.165, 1.54) is 0 Å². The molecule has 0 saturated carbocycles. The lowest BCUT2D eigenvalue weighted by Crippen LogP contribution is -2.50. The van der Waals surface area contributed by atoms with Crippen LogP contribution in [0, 0.1) is 0 Å². The molecule has 3 aromatic carbocycles. The zero-order valence-corrected chi connectivity index (χ0v) is 19.8. The smallest absolute Gasteiger partial charge is 0.255 e. The number of likely N-dealkylation sites (tertiary alicyclic amines) is 1. The Kier molecular flexibility index (Phi) is 8.28. The molecule has 0 spiro atoms. The van der Waals surface area contributed by atoms with Crippen molar-refractivity contribution in [1.29, 1.82) is 0 Å². The lowest BCUT2D eigenvalue weighted by Gasteiger charge is -2.27. The third-order valence-electron chi connectivity index (χ3n) is 6.26. The van der Waals surface area contributed by atoms with E-state index in [1.54, 1.807) is 48.5 Å². The molecule has 1 heterocycles. The molecule has 0 aliphatic carbocycles. The zero-order chi connectivity index (χ0) is 24.5. The first-order chi connectivity index (χ1) is 17.1. The van der Waals surface area contributed by atoms with Gasteiger partial charge in [0.2, 0.25) is 5.91 Å². The molecule has 1 saturated heterocycles. The fraction of sp³-hybridized carbons (Fsp3) is 0.276. The van der Waals surface area contributed by atoms with Gasteiger partial charge in [-0.3, -0.25) is 14.4 Å². The van der Waals surface area contributed by atoms with E-state index in [0.29, 0.717) is 36.3 Å². The Morgan fingerprint density at radius 2 is 1.31 bits per heavy atom. The zero-order valence-electron chi connectivity index (χ0n) is 19.8. The summed E-state index contributed by atoms with van der Waals surface area (Å²) < 4.78 is 0. The lowest BCUT2D eigenvalue weighted by atomic mass is 10.0. The molecule has 1 atom stereocenters. The van der Waals surface area contributed by atoms with Crippen molar-refractivity contribution in [3.8, 4) is 0 Å². The van der Waals surface area contributed by atoms with E-state index in [1.807, 2.05) is 41.3 Å². The highest BCUT2D eigenvalue weighted by Crippen LogP contribution is 2.18. The SMILES string of the molecule is O=C(Nc1ccccc1C(=O)N[C@@H](Cc1ccccc1)C(=O)N1CCCCCC1)c1ccccc1. The maximum absolute atomic E-state index is 13.5. The number of nitrogens with zero attached hydrogens (tertiary/aromatic N) is 1. The van der Waals surface area contributed by atoms with Crippen LogP contribution < -0.4 is 10.6 Å². The van der Waals surface area contributed by atoms with Gasteiger partial charge >= 0.3 is 0 Å². The van der Waals surface area contributed by atoms with E-state index in [4.69, 9.17) is 0 Å². The highest BCUT2D eigenvalue weighted by Gasteiger charge is 2.28. The number of rotatable bonds is 7. The lowest BCUT2D eigenvalue weighted by molar-refractivity contribution is -0.133. The number of hydrogen-bond donors (Lipinski definition) is 2. The van der Waals surface area contributed by atoms with Crippen LogP contribution in [0.5, 0.6) is 0 Å². The second kappa shape index (κ2) is 12.0. The first-order valence-electron chi connectivity index (χ1n) is 12.2. The van der Waals surface area contributed by atoms with E-state index in [9.17, 15) is 14.4 Å². The molecule has 2 N–H and O–H groups in total. The van der Waals surface area contributed by atoms with Gasteiger partial charge < -0.3 is 15.5 Å². The summed E-state index contributed by atoms with van der Waals surface area (Å²) in [5, 5.41) is 5.81. The van der Waals surface area contributed by atoms with Crippen LogP contribution in [0.3, 0.4) is 0 Å². The fourth-order valence-electron chi connectivity index (χ4n) is 4.37. The van der Waals surface area contributed by atoms with E-state index >= 15 is 0 Å². The van der Waals surface area contributed by atoms with Crippen molar-refractivity contribution in [3.63, 3.8) is 0 Å². The van der Waals surface area contributed by atoms with E-state index < -0.39 is 11.9 Å². The number of para-hydroxylation sites is 1. The van der Waals surface area contributed by atoms with Crippen molar-refractivity contribution in [2.24, 2.45) is 0 Å². The molecule has 0 bridgehead atoms. The van der Waals surface area contributed by atoms with Crippen molar-refractivity contribution in [1.82, 2.24) is 10.2 Å². The normalized spacial score (nSPS) is 14.5. The topological polar surface area (TPSA) is 78.5 Å². The molecule has 0 aromatic heterocycles. The molecule has 6 heteroatoms. The first-order valence-corrected chi connectivity index (χ1v) is 12.2. The number of hydrogen-bond acceptors (Lipinski definition) is 3. The standard InChI is InChI=1S/C29H31N3O3/c33-27(23-15-7-4-8-16-23)30-25-18-10-9-17-24(25)28(34)31-26(21-22-13-5-3-6-14-22)29(35)32-19-11-1-2-12-20-32/h3-10,13-18,26H,1-2,11-12,19-21H2,(H,30,33)(H,31,34)/t26-/m0/s1. The summed E-state index contributed by atoms with van der Waals surface area (Å²) >= 11 is 0. The van der Waals surface area contributed by atoms with Gasteiger partial charge in [-0.1, -0.05) is 73.5 Å². The number of carbonyl (C=O) groups is 3. The average molecular weight is 470 g/mol. The minimum absolute atomic E-state index is 0.0603. The van der Waals surface area contributed by atoms with E-state index in [2.05, 4.69) is 10.6 Å². The van der Waals surface area contributed by atoms with Crippen LogP contribution in [0.4, 0.5) is 5.69 Å². The molecule has 1 aliphatic heterocycles. The Labute approximate surface area is 206 Å². The van der Waals surface area contributed by atoms with Gasteiger partial charge in [0.05, 0.1) is 11.3 Å². The number of benzene rings is 3. The van der Waals surface area contributed by atoms with E-state index in [0.717, 1.165) is 31.2 Å². The quantitative estimate of drug-likeness (QED) is 0.527. The van der Waals surface area contributed by atoms with Crippen LogP contribution in [0.15, 0.2) is 84.9 Å². The highest BCUT2D eigenvalue weighted by atomic mass is 16.2.